The highest BCUT2D eigenvalue weighted by atomic mass is 16.4. The lowest BCUT2D eigenvalue weighted by molar-refractivity contribution is 0.146. The molecule has 1 atom stereocenters. The van der Waals surface area contributed by atoms with Crippen molar-refractivity contribution < 1.29 is 9.52 Å². The molecule has 0 bridgehead atoms. The SMILES string of the molecule is Cn1ncnc1CC(O)c1ccco1. The van der Waals surface area contributed by atoms with Crippen molar-refractivity contribution in [1.82, 2.24) is 14.8 Å². The molecule has 74 valence electrons. The van der Waals surface area contributed by atoms with E-state index in [1.54, 1.807) is 23.9 Å². The summed E-state index contributed by atoms with van der Waals surface area (Å²) in [6.45, 7) is 0. The van der Waals surface area contributed by atoms with Gasteiger partial charge in [-0.2, -0.15) is 5.10 Å². The van der Waals surface area contributed by atoms with Gasteiger partial charge in [0.05, 0.1) is 6.26 Å². The van der Waals surface area contributed by atoms with Crippen LogP contribution < -0.4 is 0 Å². The fourth-order valence-corrected chi connectivity index (χ4v) is 1.26. The number of hydrogen-bond acceptors (Lipinski definition) is 4. The van der Waals surface area contributed by atoms with Crippen molar-refractivity contribution in [2.75, 3.05) is 0 Å². The highest BCUT2D eigenvalue weighted by molar-refractivity contribution is 5.04. The Morgan fingerprint density at radius 3 is 3.07 bits per heavy atom. The molecule has 1 unspecified atom stereocenters. The van der Waals surface area contributed by atoms with E-state index >= 15 is 0 Å². The first-order valence-corrected chi connectivity index (χ1v) is 4.31. The predicted molar refractivity (Wildman–Crippen MR) is 48.4 cm³/mol. The Morgan fingerprint density at radius 1 is 1.64 bits per heavy atom. The first-order chi connectivity index (χ1) is 6.77. The smallest absolute Gasteiger partial charge is 0.138 e. The van der Waals surface area contributed by atoms with Crippen LogP contribution in [0.2, 0.25) is 0 Å². The molecule has 0 aliphatic carbocycles. The monoisotopic (exact) mass is 193 g/mol. The third kappa shape index (κ3) is 1.67. The molecule has 0 radical (unpaired) electrons. The Kier molecular flexibility index (Phi) is 2.32. The largest absolute Gasteiger partial charge is 0.467 e. The van der Waals surface area contributed by atoms with Crippen molar-refractivity contribution in [2.24, 2.45) is 7.05 Å². The van der Waals surface area contributed by atoms with Crippen molar-refractivity contribution in [2.45, 2.75) is 12.5 Å². The van der Waals surface area contributed by atoms with Gasteiger partial charge in [-0.15, -0.1) is 0 Å². The van der Waals surface area contributed by atoms with E-state index in [0.29, 0.717) is 12.2 Å². The van der Waals surface area contributed by atoms with Crippen LogP contribution in [-0.2, 0) is 13.5 Å². The zero-order chi connectivity index (χ0) is 9.97. The van der Waals surface area contributed by atoms with Crippen molar-refractivity contribution >= 4 is 0 Å². The van der Waals surface area contributed by atoms with Crippen molar-refractivity contribution in [3.05, 3.63) is 36.3 Å². The molecule has 0 saturated heterocycles. The average Bonchev–Trinajstić information content (AvgIpc) is 2.77. The second-order valence-electron chi connectivity index (χ2n) is 3.04. The number of nitrogens with zero attached hydrogens (tertiary/aromatic N) is 3. The van der Waals surface area contributed by atoms with Crippen LogP contribution in [0.15, 0.2) is 29.1 Å². The van der Waals surface area contributed by atoms with Gasteiger partial charge in [0.15, 0.2) is 0 Å². The molecule has 0 aliphatic rings. The van der Waals surface area contributed by atoms with E-state index in [0.717, 1.165) is 5.82 Å². The fourth-order valence-electron chi connectivity index (χ4n) is 1.26. The van der Waals surface area contributed by atoms with Crippen molar-refractivity contribution in [3.63, 3.8) is 0 Å². The van der Waals surface area contributed by atoms with Gasteiger partial charge in [0.1, 0.15) is 24.0 Å². The molecule has 1 N–H and O–H groups in total. The van der Waals surface area contributed by atoms with Crippen LogP contribution in [-0.4, -0.2) is 19.9 Å². The minimum absolute atomic E-state index is 0.407. The molecule has 14 heavy (non-hydrogen) atoms. The number of furan rings is 1. The van der Waals surface area contributed by atoms with Gasteiger partial charge in [-0.3, -0.25) is 4.68 Å². The summed E-state index contributed by atoms with van der Waals surface area (Å²) in [7, 11) is 1.79. The van der Waals surface area contributed by atoms with Crippen LogP contribution in [0.3, 0.4) is 0 Å². The van der Waals surface area contributed by atoms with Crippen molar-refractivity contribution in [3.8, 4) is 0 Å². The highest BCUT2D eigenvalue weighted by Crippen LogP contribution is 2.16. The number of aliphatic hydroxyl groups excluding tert-OH is 1. The summed E-state index contributed by atoms with van der Waals surface area (Å²) in [5.74, 6) is 1.28. The van der Waals surface area contributed by atoms with Gasteiger partial charge in [-0.05, 0) is 12.1 Å². The number of aryl methyl sites for hydroxylation is 1. The summed E-state index contributed by atoms with van der Waals surface area (Å²) < 4.78 is 6.71. The molecule has 0 aromatic carbocycles. The summed E-state index contributed by atoms with van der Waals surface area (Å²) in [6, 6.07) is 3.48. The lowest BCUT2D eigenvalue weighted by Crippen LogP contribution is -2.06. The first-order valence-electron chi connectivity index (χ1n) is 4.31. The van der Waals surface area contributed by atoms with E-state index in [1.807, 2.05) is 0 Å². The van der Waals surface area contributed by atoms with E-state index in [-0.39, 0.29) is 0 Å². The molecule has 5 nitrogen and oxygen atoms in total. The Balaban J connectivity index is 2.09. The summed E-state index contributed by atoms with van der Waals surface area (Å²) in [5, 5.41) is 13.6. The van der Waals surface area contributed by atoms with E-state index in [9.17, 15) is 5.11 Å². The number of hydrogen-bond donors (Lipinski definition) is 1. The number of aliphatic hydroxyl groups is 1. The van der Waals surface area contributed by atoms with Crippen molar-refractivity contribution in [1.29, 1.82) is 0 Å². The van der Waals surface area contributed by atoms with Gasteiger partial charge in [0, 0.05) is 13.5 Å². The molecule has 2 heterocycles. The molecule has 2 rings (SSSR count). The van der Waals surface area contributed by atoms with Gasteiger partial charge < -0.3 is 9.52 Å². The third-order valence-electron chi connectivity index (χ3n) is 2.05. The molecule has 2 aromatic heterocycles. The molecule has 0 spiro atoms. The lowest BCUT2D eigenvalue weighted by atomic mass is 10.2. The number of rotatable bonds is 3. The molecule has 0 amide bonds. The summed E-state index contributed by atoms with van der Waals surface area (Å²) in [4.78, 5) is 4.02. The standard InChI is InChI=1S/C9H11N3O2/c1-12-9(10-6-11-12)5-7(13)8-3-2-4-14-8/h2-4,6-7,13H,5H2,1H3. The quantitative estimate of drug-likeness (QED) is 0.778. The first kappa shape index (κ1) is 8.96. The summed E-state index contributed by atoms with van der Waals surface area (Å²) >= 11 is 0. The number of aromatic nitrogens is 3. The van der Waals surface area contributed by atoms with E-state index in [1.165, 1.54) is 12.6 Å². The van der Waals surface area contributed by atoms with Crippen LogP contribution >= 0.6 is 0 Å². The highest BCUT2D eigenvalue weighted by Gasteiger charge is 2.13. The third-order valence-corrected chi connectivity index (χ3v) is 2.05. The second-order valence-corrected chi connectivity index (χ2v) is 3.04. The average molecular weight is 193 g/mol. The lowest BCUT2D eigenvalue weighted by Gasteiger charge is -2.05. The molecule has 0 saturated carbocycles. The maximum absolute atomic E-state index is 9.73. The zero-order valence-electron chi connectivity index (χ0n) is 7.79. The Morgan fingerprint density at radius 2 is 2.50 bits per heavy atom. The van der Waals surface area contributed by atoms with Gasteiger partial charge >= 0.3 is 0 Å². The normalized spacial score (nSPS) is 13.0. The van der Waals surface area contributed by atoms with E-state index < -0.39 is 6.10 Å². The maximum Gasteiger partial charge on any atom is 0.138 e. The summed E-state index contributed by atoms with van der Waals surface area (Å²) in [6.07, 6.45) is 2.75. The van der Waals surface area contributed by atoms with Gasteiger partial charge in [-0.25, -0.2) is 4.98 Å². The Bertz CT molecular complexity index is 394. The van der Waals surface area contributed by atoms with E-state index in [2.05, 4.69) is 10.1 Å². The summed E-state index contributed by atoms with van der Waals surface area (Å²) in [5.41, 5.74) is 0. The Hall–Kier alpha value is -1.62. The molecule has 0 fully saturated rings. The zero-order valence-corrected chi connectivity index (χ0v) is 7.79. The minimum atomic E-state index is -0.659. The molecule has 5 heteroatoms. The van der Waals surface area contributed by atoms with Crippen LogP contribution in [0, 0.1) is 0 Å². The van der Waals surface area contributed by atoms with Gasteiger partial charge in [-0.1, -0.05) is 0 Å². The van der Waals surface area contributed by atoms with Crippen LogP contribution in [0.5, 0.6) is 0 Å². The predicted octanol–water partition coefficient (Wildman–Crippen LogP) is 0.684. The molecular weight excluding hydrogens is 182 g/mol. The molecule has 2 aromatic rings. The Labute approximate surface area is 81.0 Å². The maximum atomic E-state index is 9.73. The molecular formula is C9H11N3O2. The van der Waals surface area contributed by atoms with Gasteiger partial charge in [0.2, 0.25) is 0 Å². The van der Waals surface area contributed by atoms with E-state index in [4.69, 9.17) is 4.42 Å². The fraction of sp³-hybridized carbons (Fsp3) is 0.333. The topological polar surface area (TPSA) is 64.1 Å². The van der Waals surface area contributed by atoms with Gasteiger partial charge in [0.25, 0.3) is 0 Å². The van der Waals surface area contributed by atoms with Crippen LogP contribution in [0.4, 0.5) is 0 Å². The second kappa shape index (κ2) is 3.63. The molecule has 0 aliphatic heterocycles. The van der Waals surface area contributed by atoms with Crippen LogP contribution in [0.1, 0.15) is 17.7 Å². The van der Waals surface area contributed by atoms with Crippen LogP contribution in [0.25, 0.3) is 0 Å². The minimum Gasteiger partial charge on any atom is -0.467 e.